The molecular weight excluding hydrogens is 352 g/mol. The molecule has 1 saturated heterocycles. The molecule has 1 unspecified atom stereocenters. The highest BCUT2D eigenvalue weighted by Crippen LogP contribution is 2.32. The van der Waals surface area contributed by atoms with Crippen LogP contribution in [0.3, 0.4) is 0 Å². The number of sulfonamides is 1. The highest BCUT2D eigenvalue weighted by molar-refractivity contribution is 7.89. The summed E-state index contributed by atoms with van der Waals surface area (Å²) in [6, 6.07) is 7.91. The molecule has 0 radical (unpaired) electrons. The first kappa shape index (κ1) is 18.7. The van der Waals surface area contributed by atoms with Crippen molar-refractivity contribution in [2.24, 2.45) is 13.0 Å². The number of nitrogens with zero attached hydrogens (tertiary/aromatic N) is 3. The predicted octanol–water partition coefficient (Wildman–Crippen LogP) is 1.85. The average Bonchev–Trinajstić information content (AvgIpc) is 3.18. The average molecular weight is 378 g/mol. The number of benzene rings is 1. The molecule has 0 amide bonds. The van der Waals surface area contributed by atoms with Crippen molar-refractivity contribution in [3.8, 4) is 5.75 Å². The van der Waals surface area contributed by atoms with E-state index < -0.39 is 10.0 Å². The van der Waals surface area contributed by atoms with E-state index in [1.165, 1.54) is 0 Å². The van der Waals surface area contributed by atoms with Crippen molar-refractivity contribution in [2.45, 2.75) is 25.2 Å². The van der Waals surface area contributed by atoms with Gasteiger partial charge in [-0.1, -0.05) is 12.1 Å². The molecule has 1 N–H and O–H groups in total. The van der Waals surface area contributed by atoms with E-state index in [1.54, 1.807) is 32.7 Å². The summed E-state index contributed by atoms with van der Waals surface area (Å²) in [7, 11) is -0.141. The van der Waals surface area contributed by atoms with E-state index in [-0.39, 0.29) is 5.92 Å². The largest absolute Gasteiger partial charge is 0.495 e. The normalized spacial score (nSPS) is 17.7. The van der Waals surface area contributed by atoms with Crippen molar-refractivity contribution in [1.82, 2.24) is 14.5 Å². The van der Waals surface area contributed by atoms with Crippen LogP contribution < -0.4 is 14.4 Å². The number of hydrogen-bond acceptors (Lipinski definition) is 5. The molecule has 26 heavy (non-hydrogen) atoms. The summed E-state index contributed by atoms with van der Waals surface area (Å²) in [6.07, 6.45) is 0.936. The first-order valence-corrected chi connectivity index (χ1v) is 10.2. The van der Waals surface area contributed by atoms with Gasteiger partial charge in [0.2, 0.25) is 10.0 Å². The zero-order valence-electron chi connectivity index (χ0n) is 15.7. The SMILES string of the molecule is COc1ccccc1N1CCC(CNS(=O)(=O)c2c(C)nn(C)c2C)C1. The van der Waals surface area contributed by atoms with E-state index in [4.69, 9.17) is 4.74 Å². The molecule has 8 heteroatoms. The van der Waals surface area contributed by atoms with Crippen LogP contribution in [-0.4, -0.2) is 44.9 Å². The third-order valence-corrected chi connectivity index (χ3v) is 6.66. The van der Waals surface area contributed by atoms with Gasteiger partial charge >= 0.3 is 0 Å². The maximum absolute atomic E-state index is 12.7. The van der Waals surface area contributed by atoms with Gasteiger partial charge in [0, 0.05) is 26.7 Å². The van der Waals surface area contributed by atoms with Crippen molar-refractivity contribution in [3.05, 3.63) is 35.7 Å². The molecule has 7 nitrogen and oxygen atoms in total. The second-order valence-corrected chi connectivity index (χ2v) is 8.45. The third kappa shape index (κ3) is 3.57. The van der Waals surface area contributed by atoms with Crippen molar-refractivity contribution in [3.63, 3.8) is 0 Å². The van der Waals surface area contributed by atoms with Crippen molar-refractivity contribution in [2.75, 3.05) is 31.6 Å². The highest BCUT2D eigenvalue weighted by Gasteiger charge is 2.28. The standard InChI is InChI=1S/C18H26N4O3S/c1-13-18(14(2)21(3)20-13)26(23,24)19-11-15-9-10-22(12-15)16-7-5-6-8-17(16)25-4/h5-8,15,19H,9-12H2,1-4H3. The molecule has 1 atom stereocenters. The van der Waals surface area contributed by atoms with Crippen molar-refractivity contribution in [1.29, 1.82) is 0 Å². The monoisotopic (exact) mass is 378 g/mol. The van der Waals surface area contributed by atoms with Crippen LogP contribution in [0, 0.1) is 19.8 Å². The number of para-hydroxylation sites is 2. The minimum atomic E-state index is -3.56. The Morgan fingerprint density at radius 3 is 2.69 bits per heavy atom. The van der Waals surface area contributed by atoms with Crippen LogP contribution in [0.25, 0.3) is 0 Å². The van der Waals surface area contributed by atoms with Crippen molar-refractivity contribution < 1.29 is 13.2 Å². The van der Waals surface area contributed by atoms with Gasteiger partial charge in [0.1, 0.15) is 10.6 Å². The molecule has 0 bridgehead atoms. The molecule has 142 valence electrons. The third-order valence-electron chi connectivity index (χ3n) is 4.99. The maximum Gasteiger partial charge on any atom is 0.244 e. The summed E-state index contributed by atoms with van der Waals surface area (Å²) in [6.45, 7) is 5.60. The van der Waals surface area contributed by atoms with Gasteiger partial charge < -0.3 is 9.64 Å². The summed E-state index contributed by atoms with van der Waals surface area (Å²) in [5.74, 6) is 1.10. The van der Waals surface area contributed by atoms with Crippen LogP contribution in [0.5, 0.6) is 5.75 Å². The van der Waals surface area contributed by atoms with Gasteiger partial charge in [0.25, 0.3) is 0 Å². The Kier molecular flexibility index (Phi) is 5.24. The van der Waals surface area contributed by atoms with Gasteiger partial charge in [-0.3, -0.25) is 4.68 Å². The first-order chi connectivity index (χ1) is 12.3. The van der Waals surface area contributed by atoms with E-state index in [0.29, 0.717) is 22.8 Å². The number of methoxy groups -OCH3 is 1. The van der Waals surface area contributed by atoms with E-state index in [2.05, 4.69) is 14.7 Å². The quantitative estimate of drug-likeness (QED) is 0.830. The molecule has 1 fully saturated rings. The van der Waals surface area contributed by atoms with Gasteiger partial charge in [0.15, 0.2) is 0 Å². The Labute approximate surface area is 155 Å². The fourth-order valence-corrected chi connectivity index (χ4v) is 5.10. The Morgan fingerprint density at radius 1 is 1.31 bits per heavy atom. The second kappa shape index (κ2) is 7.28. The molecule has 0 saturated carbocycles. The molecule has 1 aliphatic rings. The van der Waals surface area contributed by atoms with Crippen LogP contribution >= 0.6 is 0 Å². The molecule has 2 heterocycles. The lowest BCUT2D eigenvalue weighted by molar-refractivity contribution is 0.414. The minimum Gasteiger partial charge on any atom is -0.495 e. The van der Waals surface area contributed by atoms with Gasteiger partial charge in [-0.25, -0.2) is 13.1 Å². The molecule has 1 aromatic carbocycles. The van der Waals surface area contributed by atoms with Crippen LogP contribution in [0.2, 0.25) is 0 Å². The smallest absolute Gasteiger partial charge is 0.244 e. The molecule has 3 rings (SSSR count). The van der Waals surface area contributed by atoms with Crippen LogP contribution in [0.1, 0.15) is 17.8 Å². The van der Waals surface area contributed by atoms with Gasteiger partial charge in [-0.15, -0.1) is 0 Å². The Bertz CT molecular complexity index is 892. The molecule has 0 spiro atoms. The summed E-state index contributed by atoms with van der Waals surface area (Å²) < 4.78 is 35.2. The molecule has 1 aliphatic heterocycles. The molecular formula is C18H26N4O3S. The Balaban J connectivity index is 1.66. The number of ether oxygens (including phenoxy) is 1. The fraction of sp³-hybridized carbons (Fsp3) is 0.500. The topological polar surface area (TPSA) is 76.5 Å². The van der Waals surface area contributed by atoms with E-state index in [1.807, 2.05) is 24.3 Å². The fourth-order valence-electron chi connectivity index (χ4n) is 3.55. The minimum absolute atomic E-state index is 0.256. The summed E-state index contributed by atoms with van der Waals surface area (Å²) in [5.41, 5.74) is 2.23. The zero-order chi connectivity index (χ0) is 18.9. The summed E-state index contributed by atoms with van der Waals surface area (Å²) >= 11 is 0. The Hall–Kier alpha value is -2.06. The molecule has 1 aromatic heterocycles. The first-order valence-electron chi connectivity index (χ1n) is 8.71. The highest BCUT2D eigenvalue weighted by atomic mass is 32.2. The van der Waals surface area contributed by atoms with Gasteiger partial charge in [0.05, 0.1) is 24.2 Å². The zero-order valence-corrected chi connectivity index (χ0v) is 16.5. The number of nitrogens with one attached hydrogen (secondary N) is 1. The lowest BCUT2D eigenvalue weighted by Crippen LogP contribution is -2.31. The van der Waals surface area contributed by atoms with Crippen LogP contribution in [-0.2, 0) is 17.1 Å². The maximum atomic E-state index is 12.7. The Morgan fingerprint density at radius 2 is 2.04 bits per heavy atom. The molecule has 0 aliphatic carbocycles. The number of anilines is 1. The lowest BCUT2D eigenvalue weighted by atomic mass is 10.1. The summed E-state index contributed by atoms with van der Waals surface area (Å²) in [4.78, 5) is 2.54. The van der Waals surface area contributed by atoms with Gasteiger partial charge in [-0.2, -0.15) is 5.10 Å². The van der Waals surface area contributed by atoms with E-state index in [0.717, 1.165) is 30.9 Å². The number of aromatic nitrogens is 2. The van der Waals surface area contributed by atoms with Gasteiger partial charge in [-0.05, 0) is 38.3 Å². The summed E-state index contributed by atoms with van der Waals surface area (Å²) in [5, 5.41) is 4.20. The second-order valence-electron chi connectivity index (χ2n) is 6.75. The van der Waals surface area contributed by atoms with Crippen molar-refractivity contribution >= 4 is 15.7 Å². The predicted molar refractivity (Wildman–Crippen MR) is 101 cm³/mol. The number of rotatable bonds is 6. The van der Waals surface area contributed by atoms with E-state index >= 15 is 0 Å². The lowest BCUT2D eigenvalue weighted by Gasteiger charge is -2.21. The van der Waals surface area contributed by atoms with Crippen LogP contribution in [0.4, 0.5) is 5.69 Å². The van der Waals surface area contributed by atoms with E-state index in [9.17, 15) is 8.42 Å². The molecule has 2 aromatic rings. The van der Waals surface area contributed by atoms with Crippen LogP contribution in [0.15, 0.2) is 29.2 Å². The number of aryl methyl sites for hydroxylation is 2. The number of hydrogen-bond donors (Lipinski definition) is 1.